The normalized spacial score (nSPS) is 21.8. The Morgan fingerprint density at radius 2 is 2.11 bits per heavy atom. The van der Waals surface area contributed by atoms with Gasteiger partial charge in [0.25, 0.3) is 0 Å². The van der Waals surface area contributed by atoms with E-state index in [0.717, 1.165) is 0 Å². The van der Waals surface area contributed by atoms with Gasteiger partial charge in [0.1, 0.15) is 35.6 Å². The van der Waals surface area contributed by atoms with Gasteiger partial charge in [0.15, 0.2) is 5.82 Å². The van der Waals surface area contributed by atoms with Crippen LogP contribution in [0.2, 0.25) is 0 Å². The van der Waals surface area contributed by atoms with Crippen molar-refractivity contribution < 1.29 is 18.7 Å². The lowest BCUT2D eigenvalue weighted by molar-refractivity contribution is 0.0109. The predicted molar refractivity (Wildman–Crippen MR) is 106 cm³/mol. The van der Waals surface area contributed by atoms with Crippen molar-refractivity contribution >= 4 is 38.7 Å². The van der Waals surface area contributed by atoms with Crippen molar-refractivity contribution in [2.75, 3.05) is 24.6 Å². The molecule has 1 aromatic heterocycles. The molecular weight excluding hydrogens is 431 g/mol. The molecule has 150 valence electrons. The molecular formula is C19H22BrFN4O3. The van der Waals surface area contributed by atoms with Gasteiger partial charge < -0.3 is 19.3 Å². The SMILES string of the molecule is C[C@@H]1CN2c3ncnc4c(F)c(Br)cc(c34)OC[C@@H]2CN1C(=O)OC(C)(C)C. The van der Waals surface area contributed by atoms with E-state index >= 15 is 0 Å². The number of hydrogen-bond donors (Lipinski definition) is 0. The zero-order valence-electron chi connectivity index (χ0n) is 16.2. The highest BCUT2D eigenvalue weighted by atomic mass is 79.9. The van der Waals surface area contributed by atoms with Gasteiger partial charge in [-0.05, 0) is 49.7 Å². The second kappa shape index (κ2) is 6.72. The third kappa shape index (κ3) is 3.25. The zero-order valence-corrected chi connectivity index (χ0v) is 17.8. The smallest absolute Gasteiger partial charge is 0.410 e. The van der Waals surface area contributed by atoms with Crippen LogP contribution in [0.15, 0.2) is 16.9 Å². The van der Waals surface area contributed by atoms with E-state index in [-0.39, 0.29) is 23.7 Å². The van der Waals surface area contributed by atoms with Gasteiger partial charge in [0.2, 0.25) is 0 Å². The van der Waals surface area contributed by atoms with Crippen molar-refractivity contribution in [3.8, 4) is 5.75 Å². The maximum Gasteiger partial charge on any atom is 0.410 e. The summed E-state index contributed by atoms with van der Waals surface area (Å²) >= 11 is 3.23. The fourth-order valence-electron chi connectivity index (χ4n) is 3.67. The number of aromatic nitrogens is 2. The van der Waals surface area contributed by atoms with Gasteiger partial charge in [-0.2, -0.15) is 0 Å². The summed E-state index contributed by atoms with van der Waals surface area (Å²) < 4.78 is 26.4. The van der Waals surface area contributed by atoms with Crippen LogP contribution in [0, 0.1) is 5.82 Å². The maximum atomic E-state index is 14.6. The average Bonchev–Trinajstić information content (AvgIpc) is 2.76. The van der Waals surface area contributed by atoms with Gasteiger partial charge in [-0.3, -0.25) is 0 Å². The van der Waals surface area contributed by atoms with Gasteiger partial charge in [-0.15, -0.1) is 0 Å². The zero-order chi connectivity index (χ0) is 20.2. The first-order valence-electron chi connectivity index (χ1n) is 9.17. The van der Waals surface area contributed by atoms with Crippen LogP contribution in [0.4, 0.5) is 15.0 Å². The number of ether oxygens (including phenoxy) is 2. The van der Waals surface area contributed by atoms with Crippen molar-refractivity contribution in [2.45, 2.75) is 45.4 Å². The Labute approximate surface area is 170 Å². The number of benzene rings is 1. The van der Waals surface area contributed by atoms with Gasteiger partial charge in [-0.1, -0.05) is 0 Å². The highest BCUT2D eigenvalue weighted by Crippen LogP contribution is 2.40. The van der Waals surface area contributed by atoms with E-state index in [1.807, 2.05) is 27.7 Å². The first kappa shape index (κ1) is 19.2. The quantitative estimate of drug-likeness (QED) is 0.606. The minimum absolute atomic E-state index is 0.0991. The van der Waals surface area contributed by atoms with Crippen LogP contribution in [0.3, 0.4) is 0 Å². The van der Waals surface area contributed by atoms with Crippen LogP contribution >= 0.6 is 15.9 Å². The highest BCUT2D eigenvalue weighted by molar-refractivity contribution is 9.10. The molecule has 0 radical (unpaired) electrons. The lowest BCUT2D eigenvalue weighted by Crippen LogP contribution is -2.61. The van der Waals surface area contributed by atoms with Crippen LogP contribution < -0.4 is 9.64 Å². The van der Waals surface area contributed by atoms with E-state index in [2.05, 4.69) is 30.8 Å². The Morgan fingerprint density at radius 3 is 2.82 bits per heavy atom. The fraction of sp³-hybridized carbons (Fsp3) is 0.526. The molecule has 2 aliphatic heterocycles. The summed E-state index contributed by atoms with van der Waals surface area (Å²) in [4.78, 5) is 25.0. The summed E-state index contributed by atoms with van der Waals surface area (Å²) in [5.41, 5.74) is -0.343. The Morgan fingerprint density at radius 1 is 1.36 bits per heavy atom. The van der Waals surface area contributed by atoms with Gasteiger partial charge in [0.05, 0.1) is 15.9 Å². The van der Waals surface area contributed by atoms with Crippen molar-refractivity contribution in [3.05, 3.63) is 22.7 Å². The van der Waals surface area contributed by atoms with Gasteiger partial charge in [0, 0.05) is 19.1 Å². The second-order valence-electron chi connectivity index (χ2n) is 8.19. The molecule has 28 heavy (non-hydrogen) atoms. The van der Waals surface area contributed by atoms with E-state index in [4.69, 9.17) is 9.47 Å². The van der Waals surface area contributed by atoms with Crippen LogP contribution in [0.1, 0.15) is 27.7 Å². The molecule has 0 unspecified atom stereocenters. The predicted octanol–water partition coefficient (Wildman–Crippen LogP) is 3.74. The Bertz CT molecular complexity index is 949. The molecule has 7 nitrogen and oxygen atoms in total. The molecule has 1 amide bonds. The summed E-state index contributed by atoms with van der Waals surface area (Å²) in [5, 5.41) is 0.559. The molecule has 2 aliphatic rings. The molecule has 0 aliphatic carbocycles. The van der Waals surface area contributed by atoms with E-state index in [1.54, 1.807) is 11.0 Å². The summed E-state index contributed by atoms with van der Waals surface area (Å²) in [6, 6.07) is 1.38. The summed E-state index contributed by atoms with van der Waals surface area (Å²) in [7, 11) is 0. The number of carbonyl (C=O) groups excluding carboxylic acids is 1. The number of hydrogen-bond acceptors (Lipinski definition) is 6. The van der Waals surface area contributed by atoms with Crippen molar-refractivity contribution in [2.24, 2.45) is 0 Å². The number of nitrogens with zero attached hydrogens (tertiary/aromatic N) is 4. The third-order valence-electron chi connectivity index (χ3n) is 4.92. The topological polar surface area (TPSA) is 67.8 Å². The van der Waals surface area contributed by atoms with Crippen LogP contribution in [-0.2, 0) is 4.74 Å². The van der Waals surface area contributed by atoms with E-state index < -0.39 is 11.4 Å². The molecule has 4 rings (SSSR count). The summed E-state index contributed by atoms with van der Waals surface area (Å²) in [5.74, 6) is 0.722. The van der Waals surface area contributed by atoms with E-state index in [1.165, 1.54) is 6.33 Å². The van der Waals surface area contributed by atoms with Crippen LogP contribution in [0.5, 0.6) is 5.75 Å². The molecule has 9 heteroatoms. The number of piperazine rings is 1. The minimum Gasteiger partial charge on any atom is -0.490 e. The highest BCUT2D eigenvalue weighted by Gasteiger charge is 2.39. The molecule has 2 atom stereocenters. The van der Waals surface area contributed by atoms with Crippen LogP contribution in [-0.4, -0.2) is 58.3 Å². The van der Waals surface area contributed by atoms with Crippen LogP contribution in [0.25, 0.3) is 10.9 Å². The van der Waals surface area contributed by atoms with Crippen molar-refractivity contribution in [1.82, 2.24) is 14.9 Å². The maximum absolute atomic E-state index is 14.6. The largest absolute Gasteiger partial charge is 0.490 e. The van der Waals surface area contributed by atoms with Crippen molar-refractivity contribution in [3.63, 3.8) is 0 Å². The Hall–Kier alpha value is -2.16. The molecule has 0 N–H and O–H groups in total. The molecule has 0 spiro atoms. The molecule has 1 fully saturated rings. The average molecular weight is 453 g/mol. The second-order valence-corrected chi connectivity index (χ2v) is 9.04. The molecule has 3 heterocycles. The fourth-order valence-corrected chi connectivity index (χ4v) is 4.06. The molecule has 0 bridgehead atoms. The molecule has 2 aromatic rings. The third-order valence-corrected chi connectivity index (χ3v) is 5.50. The standard InChI is InChI=1S/C19H22BrFN4O3/c1-10-6-25-11(7-24(10)18(26)28-19(2,3)4)8-27-13-5-12(20)15(21)16-14(13)17(25)23-9-22-16/h5,9-11H,6-8H2,1-4H3/t10-,11+/m1/s1. The Balaban J connectivity index is 1.71. The number of amides is 1. The van der Waals surface area contributed by atoms with E-state index in [0.29, 0.717) is 41.1 Å². The number of fused-ring (bicyclic) bond motifs is 2. The minimum atomic E-state index is -0.563. The van der Waals surface area contributed by atoms with Gasteiger partial charge >= 0.3 is 6.09 Å². The number of rotatable bonds is 0. The number of halogens is 2. The summed E-state index contributed by atoms with van der Waals surface area (Å²) in [6.07, 6.45) is 1.02. The van der Waals surface area contributed by atoms with E-state index in [9.17, 15) is 9.18 Å². The van der Waals surface area contributed by atoms with Crippen molar-refractivity contribution in [1.29, 1.82) is 0 Å². The molecule has 1 saturated heterocycles. The molecule has 0 saturated carbocycles. The summed E-state index contributed by atoms with van der Waals surface area (Å²) in [6.45, 7) is 8.82. The first-order valence-corrected chi connectivity index (χ1v) is 9.97. The number of anilines is 1. The number of carbonyl (C=O) groups is 1. The van der Waals surface area contributed by atoms with Gasteiger partial charge in [-0.25, -0.2) is 19.2 Å². The molecule has 1 aromatic carbocycles. The first-order chi connectivity index (χ1) is 13.2. The monoisotopic (exact) mass is 452 g/mol. The Kier molecular flexibility index (Phi) is 4.60. The lowest BCUT2D eigenvalue weighted by atomic mass is 10.1. The lowest BCUT2D eigenvalue weighted by Gasteiger charge is -2.44.